The van der Waals surface area contributed by atoms with E-state index < -0.39 is 29.6 Å². The highest BCUT2D eigenvalue weighted by molar-refractivity contribution is 6.30. The number of halogens is 3. The number of benzene rings is 3. The Morgan fingerprint density at radius 2 is 1.73 bits per heavy atom. The van der Waals surface area contributed by atoms with Crippen LogP contribution in [0.25, 0.3) is 22.4 Å². The molecule has 1 heterocycles. The van der Waals surface area contributed by atoms with Crippen molar-refractivity contribution >= 4 is 23.5 Å². The number of aromatic nitrogens is 1. The highest BCUT2D eigenvalue weighted by atomic mass is 35.5. The zero-order chi connectivity index (χ0) is 29.5. The molecule has 0 aliphatic rings. The summed E-state index contributed by atoms with van der Waals surface area (Å²) >= 11 is 6.02. The van der Waals surface area contributed by atoms with E-state index in [-0.39, 0.29) is 42.6 Å². The third kappa shape index (κ3) is 7.97. The van der Waals surface area contributed by atoms with Crippen molar-refractivity contribution in [3.63, 3.8) is 0 Å². The van der Waals surface area contributed by atoms with Crippen LogP contribution in [0.2, 0.25) is 5.02 Å². The van der Waals surface area contributed by atoms with Crippen molar-refractivity contribution in [3.05, 3.63) is 101 Å². The van der Waals surface area contributed by atoms with Gasteiger partial charge in [-0.25, -0.2) is 18.6 Å². The van der Waals surface area contributed by atoms with Gasteiger partial charge in [-0.2, -0.15) is 0 Å². The van der Waals surface area contributed by atoms with Crippen molar-refractivity contribution in [1.82, 2.24) is 15.6 Å². The quantitative estimate of drug-likeness (QED) is 0.174. The normalized spacial score (nSPS) is 12.0. The number of carbonyl (C=O) groups excluding carboxylic acids is 2. The zero-order valence-corrected chi connectivity index (χ0v) is 23.1. The van der Waals surface area contributed by atoms with E-state index in [4.69, 9.17) is 20.9 Å². The molecule has 0 fully saturated rings. The first kappa shape index (κ1) is 29.9. The van der Waals surface area contributed by atoms with Gasteiger partial charge in [-0.15, -0.1) is 0 Å². The van der Waals surface area contributed by atoms with Gasteiger partial charge in [-0.05, 0) is 47.4 Å². The molecule has 8 nitrogen and oxygen atoms in total. The van der Waals surface area contributed by atoms with Gasteiger partial charge in [0.25, 0.3) is 0 Å². The molecule has 0 aliphatic carbocycles. The highest BCUT2D eigenvalue weighted by Crippen LogP contribution is 2.27. The summed E-state index contributed by atoms with van der Waals surface area (Å²) in [6, 6.07) is 18.3. The summed E-state index contributed by atoms with van der Waals surface area (Å²) in [6.45, 7) is 3.57. The number of hydrogen-bond donors (Lipinski definition) is 2. The molecule has 0 saturated carbocycles. The van der Waals surface area contributed by atoms with Gasteiger partial charge in [0.1, 0.15) is 17.3 Å². The van der Waals surface area contributed by atoms with E-state index in [0.717, 1.165) is 0 Å². The van der Waals surface area contributed by atoms with Gasteiger partial charge in [0.2, 0.25) is 5.76 Å². The minimum Gasteiger partial charge on any atom is -0.463 e. The molecule has 0 saturated heterocycles. The van der Waals surface area contributed by atoms with Gasteiger partial charge in [0.15, 0.2) is 6.10 Å². The Bertz CT molecular complexity index is 1510. The Balaban J connectivity index is 1.52. The maximum atomic E-state index is 14.3. The SMILES string of the molecule is CC(C)COC(=O)C(O)CN(Cc1ccc(-c2cc(Cl)ccc2F)cc1)NC(=O)c1cc(-c2ccccc2F)no1. The summed E-state index contributed by atoms with van der Waals surface area (Å²) in [5, 5.41) is 16.0. The number of esters is 1. The van der Waals surface area contributed by atoms with Crippen LogP contribution in [0.3, 0.4) is 0 Å². The molecule has 1 unspecified atom stereocenters. The van der Waals surface area contributed by atoms with Crippen LogP contribution < -0.4 is 5.43 Å². The Morgan fingerprint density at radius 1 is 1.02 bits per heavy atom. The third-order valence-corrected chi connectivity index (χ3v) is 6.17. The van der Waals surface area contributed by atoms with E-state index in [2.05, 4.69) is 10.6 Å². The van der Waals surface area contributed by atoms with Crippen molar-refractivity contribution in [2.45, 2.75) is 26.5 Å². The first-order chi connectivity index (χ1) is 19.6. The second-order valence-electron chi connectivity index (χ2n) is 9.74. The monoisotopic (exact) mass is 583 g/mol. The van der Waals surface area contributed by atoms with Crippen molar-refractivity contribution < 1.29 is 32.7 Å². The zero-order valence-electron chi connectivity index (χ0n) is 22.3. The van der Waals surface area contributed by atoms with Crippen LogP contribution in [0, 0.1) is 17.6 Å². The van der Waals surface area contributed by atoms with E-state index in [9.17, 15) is 23.5 Å². The fourth-order valence-corrected chi connectivity index (χ4v) is 4.06. The molecule has 3 aromatic carbocycles. The van der Waals surface area contributed by atoms with Crippen molar-refractivity contribution in [2.75, 3.05) is 13.2 Å². The van der Waals surface area contributed by atoms with Crippen molar-refractivity contribution in [3.8, 4) is 22.4 Å². The molecule has 1 atom stereocenters. The largest absolute Gasteiger partial charge is 0.463 e. The van der Waals surface area contributed by atoms with Gasteiger partial charge in [-0.3, -0.25) is 10.2 Å². The molecule has 0 radical (unpaired) electrons. The number of aliphatic hydroxyl groups is 1. The lowest BCUT2D eigenvalue weighted by molar-refractivity contribution is -0.156. The molecule has 1 aromatic heterocycles. The molecular weight excluding hydrogens is 556 g/mol. The van der Waals surface area contributed by atoms with E-state index >= 15 is 0 Å². The summed E-state index contributed by atoms with van der Waals surface area (Å²) in [5.41, 5.74) is 4.47. The lowest BCUT2D eigenvalue weighted by Gasteiger charge is -2.25. The van der Waals surface area contributed by atoms with Crippen molar-refractivity contribution in [2.24, 2.45) is 5.92 Å². The number of rotatable bonds is 11. The maximum absolute atomic E-state index is 14.3. The van der Waals surface area contributed by atoms with Crippen LogP contribution in [0.5, 0.6) is 0 Å². The standard InChI is InChI=1S/C30H28ClF2N3O5/c1-18(2)17-40-30(39)27(37)16-36(15-19-7-9-20(10-8-19)23-13-21(31)11-12-25(23)33)34-29(38)28-14-26(35-41-28)22-5-3-4-6-24(22)32/h3-14,18,27,37H,15-17H2,1-2H3,(H,34,38). The fourth-order valence-electron chi connectivity index (χ4n) is 3.88. The van der Waals surface area contributed by atoms with E-state index in [1.807, 2.05) is 13.8 Å². The second-order valence-corrected chi connectivity index (χ2v) is 10.2. The van der Waals surface area contributed by atoms with Crippen LogP contribution in [0.1, 0.15) is 30.0 Å². The summed E-state index contributed by atoms with van der Waals surface area (Å²) in [6.07, 6.45) is -1.57. The molecule has 0 spiro atoms. The Morgan fingerprint density at radius 3 is 2.44 bits per heavy atom. The van der Waals surface area contributed by atoms with Gasteiger partial charge < -0.3 is 14.4 Å². The van der Waals surface area contributed by atoms with E-state index in [1.165, 1.54) is 47.5 Å². The Hall–Kier alpha value is -4.12. The predicted molar refractivity (Wildman–Crippen MR) is 148 cm³/mol. The number of hydrogen-bond acceptors (Lipinski definition) is 7. The molecule has 0 aliphatic heterocycles. The molecule has 41 heavy (non-hydrogen) atoms. The summed E-state index contributed by atoms with van der Waals surface area (Å²) in [5.74, 6) is -2.68. The van der Waals surface area contributed by atoms with Crippen molar-refractivity contribution in [1.29, 1.82) is 0 Å². The van der Waals surface area contributed by atoms with E-state index in [0.29, 0.717) is 21.7 Å². The number of nitrogens with zero attached hydrogens (tertiary/aromatic N) is 2. The molecule has 214 valence electrons. The first-order valence-electron chi connectivity index (χ1n) is 12.8. The number of ether oxygens (including phenoxy) is 1. The van der Waals surface area contributed by atoms with Gasteiger partial charge in [0.05, 0.1) is 13.2 Å². The molecule has 0 bridgehead atoms. The number of carbonyl (C=O) groups is 2. The molecule has 11 heteroatoms. The Kier molecular flexibility index (Phi) is 9.82. The van der Waals surface area contributed by atoms with Gasteiger partial charge in [0, 0.05) is 28.8 Å². The first-order valence-corrected chi connectivity index (χ1v) is 13.1. The summed E-state index contributed by atoms with van der Waals surface area (Å²) < 4.78 is 38.7. The third-order valence-electron chi connectivity index (χ3n) is 5.93. The van der Waals surface area contributed by atoms with Gasteiger partial charge >= 0.3 is 11.9 Å². The van der Waals surface area contributed by atoms with Crippen LogP contribution in [0.4, 0.5) is 8.78 Å². The molecule has 1 amide bonds. The Labute approximate surface area is 240 Å². The van der Waals surface area contributed by atoms with E-state index in [1.54, 1.807) is 30.3 Å². The molecule has 4 rings (SSSR count). The topological polar surface area (TPSA) is 105 Å². The number of hydrazine groups is 1. The molecule has 4 aromatic rings. The smallest absolute Gasteiger partial charge is 0.336 e. The minimum absolute atomic E-state index is 0.0485. The molecule has 2 N–H and O–H groups in total. The average molecular weight is 584 g/mol. The van der Waals surface area contributed by atoms with Crippen LogP contribution in [-0.4, -0.2) is 46.4 Å². The predicted octanol–water partition coefficient (Wildman–Crippen LogP) is 5.65. The highest BCUT2D eigenvalue weighted by Gasteiger charge is 2.24. The second kappa shape index (κ2) is 13.5. The van der Waals surface area contributed by atoms with Gasteiger partial charge in [-0.1, -0.05) is 67.0 Å². The number of nitrogens with one attached hydrogen (secondary N) is 1. The van der Waals surface area contributed by atoms with Crippen LogP contribution in [0.15, 0.2) is 77.3 Å². The summed E-state index contributed by atoms with van der Waals surface area (Å²) in [4.78, 5) is 25.3. The lowest BCUT2D eigenvalue weighted by Crippen LogP contribution is -2.47. The minimum atomic E-state index is -1.57. The number of amides is 1. The summed E-state index contributed by atoms with van der Waals surface area (Å²) in [7, 11) is 0. The van der Waals surface area contributed by atoms with Crippen LogP contribution >= 0.6 is 11.6 Å². The lowest BCUT2D eigenvalue weighted by atomic mass is 10.0. The molecular formula is C30H28ClF2N3O5. The van der Waals surface area contributed by atoms with Crippen LogP contribution in [-0.2, 0) is 16.1 Å². The number of aliphatic hydroxyl groups excluding tert-OH is 1. The average Bonchev–Trinajstić information content (AvgIpc) is 3.44. The maximum Gasteiger partial charge on any atom is 0.336 e. The fraction of sp³-hybridized carbons (Fsp3) is 0.233.